The summed E-state index contributed by atoms with van der Waals surface area (Å²) in [5.41, 5.74) is 3.65. The molecule has 160 valence electrons. The summed E-state index contributed by atoms with van der Waals surface area (Å²) in [4.78, 5) is 18.1. The molecule has 10 nitrogen and oxygen atoms in total. The van der Waals surface area contributed by atoms with Gasteiger partial charge in [0.15, 0.2) is 11.5 Å². The fourth-order valence-corrected chi connectivity index (χ4v) is 3.82. The molecule has 0 amide bonds. The smallest absolute Gasteiger partial charge is 0.250 e. The van der Waals surface area contributed by atoms with Crippen LogP contribution in [0.3, 0.4) is 0 Å². The normalized spacial score (nSPS) is 17.0. The fourth-order valence-electron chi connectivity index (χ4n) is 3.36. The first-order valence-electron chi connectivity index (χ1n) is 9.83. The van der Waals surface area contributed by atoms with Gasteiger partial charge in [0.1, 0.15) is 0 Å². The van der Waals surface area contributed by atoms with Gasteiger partial charge < -0.3 is 24.4 Å². The molecule has 0 saturated carbocycles. The second-order valence-electron chi connectivity index (χ2n) is 6.98. The van der Waals surface area contributed by atoms with Gasteiger partial charge in [-0.2, -0.15) is 20.1 Å². The number of morpholine rings is 1. The number of aromatic nitrogens is 3. The maximum absolute atomic E-state index is 9.94. The van der Waals surface area contributed by atoms with Crippen LogP contribution in [0.15, 0.2) is 21.7 Å². The highest BCUT2D eigenvalue weighted by atomic mass is 79.9. The standard InChI is InChI=1S/C19H24BrN7O3/c1-29-15-11-13(10-14(20)16(15)28)12-21-25-17-22-18(26-4-2-3-5-26)24-19(23-17)27-6-8-30-9-7-27/h10-12,28H,2-9H2,1H3,(H,22,23,24,25). The summed E-state index contributed by atoms with van der Waals surface area (Å²) >= 11 is 3.31. The molecule has 2 aliphatic heterocycles. The van der Waals surface area contributed by atoms with Gasteiger partial charge in [0.05, 0.1) is 31.0 Å². The van der Waals surface area contributed by atoms with Gasteiger partial charge in [0.25, 0.3) is 0 Å². The zero-order chi connectivity index (χ0) is 20.9. The molecule has 1 aromatic carbocycles. The first kappa shape index (κ1) is 20.6. The molecule has 0 spiro atoms. The molecule has 1 aromatic heterocycles. The van der Waals surface area contributed by atoms with Crippen molar-refractivity contribution in [3.05, 3.63) is 22.2 Å². The summed E-state index contributed by atoms with van der Waals surface area (Å²) in [5.74, 6) is 2.08. The number of methoxy groups -OCH3 is 1. The molecule has 0 radical (unpaired) electrons. The topological polar surface area (TPSA) is 108 Å². The van der Waals surface area contributed by atoms with Crippen molar-refractivity contribution in [1.29, 1.82) is 0 Å². The number of halogens is 1. The minimum absolute atomic E-state index is 0.0467. The number of nitrogens with zero attached hydrogens (tertiary/aromatic N) is 6. The van der Waals surface area contributed by atoms with E-state index in [2.05, 4.69) is 51.2 Å². The minimum atomic E-state index is 0.0467. The molecule has 2 N–H and O–H groups in total. The maximum Gasteiger partial charge on any atom is 0.250 e. The average molecular weight is 478 g/mol. The van der Waals surface area contributed by atoms with Gasteiger partial charge in [-0.05, 0) is 46.5 Å². The Hall–Kier alpha value is -2.66. The summed E-state index contributed by atoms with van der Waals surface area (Å²) in [6, 6.07) is 3.43. The maximum atomic E-state index is 9.94. The SMILES string of the molecule is COc1cc(C=NNc2nc(N3CCCC3)nc(N3CCOCC3)n2)cc(Br)c1O. The second kappa shape index (κ2) is 9.43. The number of phenols is 1. The molecule has 2 aliphatic rings. The van der Waals surface area contributed by atoms with Crippen LogP contribution >= 0.6 is 15.9 Å². The van der Waals surface area contributed by atoms with Gasteiger partial charge in [-0.3, -0.25) is 0 Å². The lowest BCUT2D eigenvalue weighted by molar-refractivity contribution is 0.122. The van der Waals surface area contributed by atoms with Crippen LogP contribution in [0.4, 0.5) is 17.8 Å². The first-order valence-corrected chi connectivity index (χ1v) is 10.6. The number of hydrogen-bond acceptors (Lipinski definition) is 10. The van der Waals surface area contributed by atoms with E-state index in [1.54, 1.807) is 18.3 Å². The van der Waals surface area contributed by atoms with E-state index >= 15 is 0 Å². The lowest BCUT2D eigenvalue weighted by Crippen LogP contribution is -2.38. The van der Waals surface area contributed by atoms with Gasteiger partial charge in [0.2, 0.25) is 17.8 Å². The monoisotopic (exact) mass is 477 g/mol. The summed E-state index contributed by atoms with van der Waals surface area (Å²) < 4.78 is 11.1. The zero-order valence-corrected chi connectivity index (χ0v) is 18.3. The summed E-state index contributed by atoms with van der Waals surface area (Å²) in [6.07, 6.45) is 3.88. The fraction of sp³-hybridized carbons (Fsp3) is 0.474. The van der Waals surface area contributed by atoms with Crippen molar-refractivity contribution in [3.8, 4) is 11.5 Å². The summed E-state index contributed by atoms with van der Waals surface area (Å²) in [6.45, 7) is 4.68. The molecular weight excluding hydrogens is 454 g/mol. The van der Waals surface area contributed by atoms with Crippen LogP contribution in [0.2, 0.25) is 0 Å². The lowest BCUT2D eigenvalue weighted by atomic mass is 10.2. The summed E-state index contributed by atoms with van der Waals surface area (Å²) in [7, 11) is 1.50. The Morgan fingerprint density at radius 1 is 1.10 bits per heavy atom. The lowest BCUT2D eigenvalue weighted by Gasteiger charge is -2.27. The second-order valence-corrected chi connectivity index (χ2v) is 7.83. The van der Waals surface area contributed by atoms with Crippen LogP contribution in [0.1, 0.15) is 18.4 Å². The number of aromatic hydroxyl groups is 1. The third-order valence-corrected chi connectivity index (χ3v) is 5.55. The molecule has 0 aliphatic carbocycles. The van der Waals surface area contributed by atoms with Crippen LogP contribution in [0.25, 0.3) is 0 Å². The molecule has 2 saturated heterocycles. The van der Waals surface area contributed by atoms with E-state index in [1.807, 2.05) is 0 Å². The number of hydrogen-bond donors (Lipinski definition) is 2. The van der Waals surface area contributed by atoms with E-state index in [1.165, 1.54) is 7.11 Å². The number of rotatable bonds is 6. The van der Waals surface area contributed by atoms with Crippen molar-refractivity contribution in [2.75, 3.05) is 61.7 Å². The van der Waals surface area contributed by atoms with Gasteiger partial charge in [-0.25, -0.2) is 5.43 Å². The highest BCUT2D eigenvalue weighted by molar-refractivity contribution is 9.10. The van der Waals surface area contributed by atoms with Crippen molar-refractivity contribution in [1.82, 2.24) is 15.0 Å². The molecule has 0 bridgehead atoms. The Balaban J connectivity index is 1.56. The summed E-state index contributed by atoms with van der Waals surface area (Å²) in [5, 5.41) is 14.2. The number of benzene rings is 1. The Morgan fingerprint density at radius 3 is 2.43 bits per heavy atom. The zero-order valence-electron chi connectivity index (χ0n) is 16.7. The third-order valence-electron chi connectivity index (χ3n) is 4.94. The van der Waals surface area contributed by atoms with Crippen LogP contribution in [0, 0.1) is 0 Å². The quantitative estimate of drug-likeness (QED) is 0.477. The van der Waals surface area contributed by atoms with Gasteiger partial charge in [-0.1, -0.05) is 0 Å². The number of phenolic OH excluding ortho intramolecular Hbond substituents is 1. The van der Waals surface area contributed by atoms with Gasteiger partial charge in [0, 0.05) is 26.2 Å². The molecule has 30 heavy (non-hydrogen) atoms. The Bertz CT molecular complexity index is 915. The highest BCUT2D eigenvalue weighted by Crippen LogP contribution is 2.34. The van der Waals surface area contributed by atoms with Crippen molar-refractivity contribution < 1.29 is 14.6 Å². The molecule has 0 atom stereocenters. The first-order chi connectivity index (χ1) is 14.6. The van der Waals surface area contributed by atoms with Gasteiger partial charge >= 0.3 is 0 Å². The largest absolute Gasteiger partial charge is 0.503 e. The van der Waals surface area contributed by atoms with E-state index in [0.29, 0.717) is 41.3 Å². The van der Waals surface area contributed by atoms with E-state index in [4.69, 9.17) is 9.47 Å². The molecular formula is C19H24BrN7O3. The Morgan fingerprint density at radius 2 is 1.77 bits per heavy atom. The highest BCUT2D eigenvalue weighted by Gasteiger charge is 2.21. The molecule has 2 aromatic rings. The number of nitrogens with one attached hydrogen (secondary N) is 1. The average Bonchev–Trinajstić information content (AvgIpc) is 3.31. The Labute approximate surface area is 183 Å². The van der Waals surface area contributed by atoms with Crippen LogP contribution in [0.5, 0.6) is 11.5 Å². The predicted molar refractivity (Wildman–Crippen MR) is 118 cm³/mol. The molecule has 4 rings (SSSR count). The Kier molecular flexibility index (Phi) is 6.48. The van der Waals surface area contributed by atoms with Crippen LogP contribution in [-0.4, -0.2) is 72.8 Å². The van der Waals surface area contributed by atoms with Crippen LogP contribution in [-0.2, 0) is 4.74 Å². The number of ether oxygens (including phenoxy) is 2. The van der Waals surface area contributed by atoms with Gasteiger partial charge in [-0.15, -0.1) is 0 Å². The molecule has 3 heterocycles. The van der Waals surface area contributed by atoms with Crippen molar-refractivity contribution in [2.45, 2.75) is 12.8 Å². The van der Waals surface area contributed by atoms with Crippen molar-refractivity contribution in [3.63, 3.8) is 0 Å². The van der Waals surface area contributed by atoms with E-state index in [9.17, 15) is 5.11 Å². The van der Waals surface area contributed by atoms with E-state index in [-0.39, 0.29) is 5.75 Å². The van der Waals surface area contributed by atoms with Crippen LogP contribution < -0.4 is 20.0 Å². The molecule has 0 unspecified atom stereocenters. The molecule has 11 heteroatoms. The molecule has 2 fully saturated rings. The number of anilines is 3. The van der Waals surface area contributed by atoms with E-state index in [0.717, 1.165) is 44.6 Å². The third kappa shape index (κ3) is 4.73. The van der Waals surface area contributed by atoms with E-state index < -0.39 is 0 Å². The predicted octanol–water partition coefficient (Wildman–Crippen LogP) is 2.23. The van der Waals surface area contributed by atoms with Crippen molar-refractivity contribution in [2.24, 2.45) is 5.10 Å². The van der Waals surface area contributed by atoms with Crippen molar-refractivity contribution >= 4 is 40.0 Å². The minimum Gasteiger partial charge on any atom is -0.503 e. The number of hydrazone groups is 1.